The highest BCUT2D eigenvalue weighted by Crippen LogP contribution is 2.23. The van der Waals surface area contributed by atoms with Gasteiger partial charge in [-0.25, -0.2) is 4.98 Å². The zero-order valence-corrected chi connectivity index (χ0v) is 14.3. The number of hydrogen-bond donors (Lipinski definition) is 1. The average molecular weight is 342 g/mol. The normalized spacial score (nSPS) is 11.1. The number of nitrogens with zero attached hydrogens (tertiary/aromatic N) is 3. The van der Waals surface area contributed by atoms with Gasteiger partial charge in [-0.15, -0.1) is 11.3 Å². The Labute approximate surface area is 143 Å². The molecule has 0 saturated carbocycles. The van der Waals surface area contributed by atoms with Crippen molar-refractivity contribution in [2.75, 3.05) is 27.2 Å². The van der Waals surface area contributed by atoms with Gasteiger partial charge in [0.2, 0.25) is 0 Å². The second-order valence-corrected chi connectivity index (χ2v) is 6.48. The molecule has 6 nitrogen and oxygen atoms in total. The summed E-state index contributed by atoms with van der Waals surface area (Å²) < 4.78 is 1.50. The van der Waals surface area contributed by atoms with E-state index in [0.29, 0.717) is 18.1 Å². The Morgan fingerprint density at radius 2 is 2.04 bits per heavy atom. The van der Waals surface area contributed by atoms with E-state index in [-0.39, 0.29) is 11.1 Å². The topological polar surface area (TPSA) is 66.7 Å². The van der Waals surface area contributed by atoms with Crippen molar-refractivity contribution in [3.05, 3.63) is 57.8 Å². The van der Waals surface area contributed by atoms with Gasteiger partial charge in [0.1, 0.15) is 5.56 Å². The van der Waals surface area contributed by atoms with Gasteiger partial charge in [0.05, 0.1) is 5.69 Å². The molecular formula is C17H18N4O2S. The molecule has 0 radical (unpaired) electrons. The molecule has 0 bridgehead atoms. The van der Waals surface area contributed by atoms with Crippen molar-refractivity contribution < 1.29 is 4.79 Å². The number of likely N-dealkylation sites (N-methyl/N-ethyl adjacent to an activating group) is 1. The first kappa shape index (κ1) is 16.4. The van der Waals surface area contributed by atoms with Crippen LogP contribution in [0.15, 0.2) is 46.7 Å². The molecule has 0 spiro atoms. The van der Waals surface area contributed by atoms with Crippen LogP contribution in [0, 0.1) is 0 Å². The molecule has 3 rings (SSSR count). The van der Waals surface area contributed by atoms with E-state index in [1.54, 1.807) is 0 Å². The second kappa shape index (κ2) is 6.94. The quantitative estimate of drug-likeness (QED) is 0.767. The van der Waals surface area contributed by atoms with E-state index >= 15 is 0 Å². The van der Waals surface area contributed by atoms with Crippen molar-refractivity contribution in [1.29, 1.82) is 0 Å². The lowest BCUT2D eigenvalue weighted by molar-refractivity contribution is 0.0949. The number of fused-ring (bicyclic) bond motifs is 1. The lowest BCUT2D eigenvalue weighted by Crippen LogP contribution is -2.35. The van der Waals surface area contributed by atoms with Gasteiger partial charge in [-0.3, -0.25) is 14.0 Å². The summed E-state index contributed by atoms with van der Waals surface area (Å²) in [6.45, 7) is 1.18. The Morgan fingerprint density at radius 3 is 2.75 bits per heavy atom. The molecule has 2 aromatic heterocycles. The highest BCUT2D eigenvalue weighted by Gasteiger charge is 2.16. The summed E-state index contributed by atoms with van der Waals surface area (Å²) in [5.74, 6) is -0.394. The van der Waals surface area contributed by atoms with Crippen LogP contribution in [0.4, 0.5) is 0 Å². The molecule has 124 valence electrons. The number of hydrogen-bond acceptors (Lipinski definition) is 5. The van der Waals surface area contributed by atoms with Crippen LogP contribution < -0.4 is 10.9 Å². The third kappa shape index (κ3) is 3.22. The lowest BCUT2D eigenvalue weighted by atomic mass is 10.2. The van der Waals surface area contributed by atoms with Crippen molar-refractivity contribution in [2.24, 2.45) is 0 Å². The molecule has 1 amide bonds. The van der Waals surface area contributed by atoms with Crippen molar-refractivity contribution in [3.63, 3.8) is 0 Å². The van der Waals surface area contributed by atoms with E-state index in [2.05, 4.69) is 10.3 Å². The summed E-state index contributed by atoms with van der Waals surface area (Å²) >= 11 is 1.38. The Bertz CT molecular complexity index is 915. The molecule has 1 aromatic carbocycles. The molecule has 1 N–H and O–H groups in total. The van der Waals surface area contributed by atoms with Crippen LogP contribution in [0.3, 0.4) is 0 Å². The van der Waals surface area contributed by atoms with E-state index in [1.807, 2.05) is 54.7 Å². The molecule has 0 aliphatic rings. The van der Waals surface area contributed by atoms with Gasteiger partial charge in [-0.2, -0.15) is 0 Å². The third-order valence-electron chi connectivity index (χ3n) is 3.60. The number of carbonyl (C=O) groups excluding carboxylic acids is 1. The maximum absolute atomic E-state index is 12.8. The number of carbonyl (C=O) groups is 1. The summed E-state index contributed by atoms with van der Waals surface area (Å²) in [4.78, 5) is 31.9. The molecule has 3 aromatic rings. The largest absolute Gasteiger partial charge is 0.351 e. The summed E-state index contributed by atoms with van der Waals surface area (Å²) in [6, 6.07) is 9.60. The van der Waals surface area contributed by atoms with E-state index in [4.69, 9.17) is 0 Å². The maximum Gasteiger partial charge on any atom is 0.271 e. The molecule has 0 aliphatic heterocycles. The van der Waals surface area contributed by atoms with Gasteiger partial charge in [0.25, 0.3) is 11.5 Å². The first-order valence-electron chi connectivity index (χ1n) is 7.55. The second-order valence-electron chi connectivity index (χ2n) is 5.64. The number of aromatic nitrogens is 2. The molecule has 2 heterocycles. The number of benzene rings is 1. The van der Waals surface area contributed by atoms with Gasteiger partial charge in [-0.1, -0.05) is 30.3 Å². The molecule has 7 heteroatoms. The van der Waals surface area contributed by atoms with Gasteiger partial charge in [0.15, 0.2) is 4.96 Å². The molecule has 0 fully saturated rings. The first-order valence-corrected chi connectivity index (χ1v) is 8.43. The maximum atomic E-state index is 12.8. The highest BCUT2D eigenvalue weighted by molar-refractivity contribution is 7.15. The molecule has 0 unspecified atom stereocenters. The van der Waals surface area contributed by atoms with Crippen molar-refractivity contribution >= 4 is 22.2 Å². The smallest absolute Gasteiger partial charge is 0.271 e. The summed E-state index contributed by atoms with van der Waals surface area (Å²) in [6.07, 6.45) is 1.36. The molecule has 0 atom stereocenters. The SMILES string of the molecule is CN(C)CCNC(=O)c1cnc2scc(-c3ccccc3)n2c1=O. The lowest BCUT2D eigenvalue weighted by Gasteiger charge is -2.10. The molecule has 24 heavy (non-hydrogen) atoms. The average Bonchev–Trinajstić information content (AvgIpc) is 3.00. The van der Waals surface area contributed by atoms with Crippen molar-refractivity contribution in [1.82, 2.24) is 19.6 Å². The van der Waals surface area contributed by atoms with Gasteiger partial charge in [0, 0.05) is 24.7 Å². The fraction of sp³-hybridized carbons (Fsp3) is 0.235. The minimum absolute atomic E-state index is 0.0573. The predicted molar refractivity (Wildman–Crippen MR) is 95.7 cm³/mol. The van der Waals surface area contributed by atoms with Crippen LogP contribution in [0.25, 0.3) is 16.2 Å². The first-order chi connectivity index (χ1) is 11.6. The Balaban J connectivity index is 1.98. The third-order valence-corrected chi connectivity index (χ3v) is 4.44. The number of nitrogens with one attached hydrogen (secondary N) is 1. The number of thiazole rings is 1. The zero-order chi connectivity index (χ0) is 17.1. The van der Waals surface area contributed by atoms with Gasteiger partial charge in [-0.05, 0) is 19.7 Å². The molecular weight excluding hydrogens is 324 g/mol. The Hall–Kier alpha value is -2.51. The monoisotopic (exact) mass is 342 g/mol. The van der Waals surface area contributed by atoms with Crippen molar-refractivity contribution in [2.45, 2.75) is 0 Å². The van der Waals surface area contributed by atoms with Crippen molar-refractivity contribution in [3.8, 4) is 11.3 Å². The fourth-order valence-corrected chi connectivity index (χ4v) is 3.21. The summed E-state index contributed by atoms with van der Waals surface area (Å²) in [5, 5.41) is 4.64. The molecule has 0 saturated heterocycles. The van der Waals surface area contributed by atoms with Crippen LogP contribution in [0.5, 0.6) is 0 Å². The van der Waals surface area contributed by atoms with Crippen LogP contribution in [-0.4, -0.2) is 47.4 Å². The summed E-state index contributed by atoms with van der Waals surface area (Å²) in [7, 11) is 3.85. The van der Waals surface area contributed by atoms with E-state index in [1.165, 1.54) is 21.9 Å². The van der Waals surface area contributed by atoms with Crippen LogP contribution in [0.1, 0.15) is 10.4 Å². The minimum atomic E-state index is -0.394. The van der Waals surface area contributed by atoms with Crippen LogP contribution in [0.2, 0.25) is 0 Å². The Kier molecular flexibility index (Phi) is 4.73. The highest BCUT2D eigenvalue weighted by atomic mass is 32.1. The van der Waals surface area contributed by atoms with Gasteiger partial charge < -0.3 is 10.2 Å². The van der Waals surface area contributed by atoms with Gasteiger partial charge >= 0.3 is 0 Å². The fourth-order valence-electron chi connectivity index (χ4n) is 2.35. The minimum Gasteiger partial charge on any atom is -0.351 e. The Morgan fingerprint density at radius 1 is 1.29 bits per heavy atom. The van der Waals surface area contributed by atoms with Crippen LogP contribution >= 0.6 is 11.3 Å². The standard InChI is InChI=1S/C17H18N4O2S/c1-20(2)9-8-18-15(22)13-10-19-17-21(16(13)23)14(11-24-17)12-6-4-3-5-7-12/h3-7,10-11H,8-9H2,1-2H3,(H,18,22). The predicted octanol–water partition coefficient (Wildman–Crippen LogP) is 1.71. The zero-order valence-electron chi connectivity index (χ0n) is 13.5. The van der Waals surface area contributed by atoms with E-state index in [0.717, 1.165) is 11.3 Å². The van der Waals surface area contributed by atoms with E-state index in [9.17, 15) is 9.59 Å². The number of amides is 1. The number of rotatable bonds is 5. The van der Waals surface area contributed by atoms with E-state index < -0.39 is 5.91 Å². The van der Waals surface area contributed by atoms with Crippen LogP contribution in [-0.2, 0) is 0 Å². The molecule has 0 aliphatic carbocycles. The summed E-state index contributed by atoms with van der Waals surface area (Å²) in [5.41, 5.74) is 1.37.